The van der Waals surface area contributed by atoms with E-state index in [2.05, 4.69) is 0 Å². The summed E-state index contributed by atoms with van der Waals surface area (Å²) in [4.78, 5) is 13.3. The van der Waals surface area contributed by atoms with Crippen LogP contribution < -0.4 is 19.5 Å². The summed E-state index contributed by atoms with van der Waals surface area (Å²) in [6, 6.07) is 8.73. The van der Waals surface area contributed by atoms with E-state index in [9.17, 15) is 4.79 Å². The molecule has 7 nitrogen and oxygen atoms in total. The van der Waals surface area contributed by atoms with Gasteiger partial charge in [-0.1, -0.05) is 23.7 Å². The van der Waals surface area contributed by atoms with E-state index < -0.39 is 18.9 Å². The Bertz CT molecular complexity index is 874. The Balaban J connectivity index is 0.00000544. The van der Waals surface area contributed by atoms with Gasteiger partial charge in [0.15, 0.2) is 24.4 Å². The maximum absolute atomic E-state index is 13.3. The number of carbonyl (C=O) groups is 1. The fourth-order valence-corrected chi connectivity index (χ4v) is 4.31. The summed E-state index contributed by atoms with van der Waals surface area (Å²) in [6.45, 7) is 7.10. The number of hydrogen-bond donors (Lipinski definition) is 0. The van der Waals surface area contributed by atoms with Crippen molar-refractivity contribution >= 4 is 49.9 Å². The van der Waals surface area contributed by atoms with Crippen molar-refractivity contribution < 1.29 is 33.2 Å². The van der Waals surface area contributed by atoms with Gasteiger partial charge in [0.2, 0.25) is 0 Å². The quantitative estimate of drug-likeness (QED) is 0.249. The van der Waals surface area contributed by atoms with Crippen LogP contribution in [0.4, 0.5) is 0 Å². The molecule has 0 amide bonds. The number of hydrogen-bond acceptors (Lipinski definition) is 7. The molecule has 33 heavy (non-hydrogen) atoms. The van der Waals surface area contributed by atoms with Gasteiger partial charge in [-0.15, -0.1) is 0 Å². The van der Waals surface area contributed by atoms with Gasteiger partial charge in [-0.25, -0.2) is 0 Å². The molecule has 0 aliphatic heterocycles. The maximum atomic E-state index is 13.3. The Labute approximate surface area is 214 Å². The summed E-state index contributed by atoms with van der Waals surface area (Å²) >= 11 is 6.33. The second kappa shape index (κ2) is 14.2. The summed E-state index contributed by atoms with van der Waals surface area (Å²) in [7, 11) is 4.27. The first-order valence-corrected chi connectivity index (χ1v) is 11.4. The molecule has 0 saturated carbocycles. The minimum atomic E-state index is -0.571. The zero-order valence-electron chi connectivity index (χ0n) is 19.4. The Morgan fingerprint density at radius 1 is 0.879 bits per heavy atom. The molecule has 2 aromatic carbocycles. The van der Waals surface area contributed by atoms with Crippen molar-refractivity contribution in [3.05, 3.63) is 46.5 Å². The van der Waals surface area contributed by atoms with E-state index in [1.165, 1.54) is 14.2 Å². The number of ether oxygens (including phenoxy) is 6. The van der Waals surface area contributed by atoms with Crippen LogP contribution in [0.25, 0.3) is 0 Å². The molecule has 4 unspecified atom stereocenters. The Morgan fingerprint density at radius 2 is 1.36 bits per heavy atom. The Kier molecular flexibility index (Phi) is 12.8. The molecule has 0 aliphatic carbocycles. The topological polar surface area (TPSA) is 72.5 Å². The van der Waals surface area contributed by atoms with Crippen molar-refractivity contribution in [1.29, 1.82) is 0 Å². The van der Waals surface area contributed by atoms with Crippen molar-refractivity contribution in [2.45, 2.75) is 46.6 Å². The first-order valence-electron chi connectivity index (χ1n) is 10.0. The minimum absolute atomic E-state index is 0. The van der Waals surface area contributed by atoms with E-state index in [1.54, 1.807) is 46.1 Å². The first-order chi connectivity index (χ1) is 15.2. The van der Waals surface area contributed by atoms with Gasteiger partial charge in [0.1, 0.15) is 17.2 Å². The van der Waals surface area contributed by atoms with Crippen molar-refractivity contribution in [2.75, 3.05) is 21.3 Å². The number of aryl methyl sites for hydroxylation is 1. The summed E-state index contributed by atoms with van der Waals surface area (Å²) < 4.78 is 33.4. The predicted molar refractivity (Wildman–Crippen MR) is 133 cm³/mol. The standard InChI is InChI=1S/C23H30ClO7P.Li.H/c1-13-9-8-10-18(24)21(13)23(25)32-22-19(30-15(3)27-6)11-17(29-14(2)26-5)12-20(22)31-16(4)28-7;;/h8-12,14-16,32H,1-7H3;;. The van der Waals surface area contributed by atoms with Gasteiger partial charge < -0.3 is 28.4 Å². The average molecular weight is 493 g/mol. The molecule has 4 atom stereocenters. The van der Waals surface area contributed by atoms with Crippen LogP contribution in [0, 0.1) is 6.92 Å². The summed E-state index contributed by atoms with van der Waals surface area (Å²) in [5, 5.41) is 0.955. The number of halogens is 1. The Hall–Kier alpha value is -1.29. The third-order valence-corrected chi connectivity index (χ3v) is 6.15. The van der Waals surface area contributed by atoms with Gasteiger partial charge in [-0.3, -0.25) is 4.79 Å². The fraction of sp³-hybridized carbons (Fsp3) is 0.435. The van der Waals surface area contributed by atoms with E-state index in [0.29, 0.717) is 33.1 Å². The normalized spacial score (nSPS) is 13.8. The summed E-state index contributed by atoms with van der Waals surface area (Å²) in [5.74, 6) is 1.25. The zero-order valence-corrected chi connectivity index (χ0v) is 21.1. The summed E-state index contributed by atoms with van der Waals surface area (Å²) in [5.41, 5.74) is 1.12. The van der Waals surface area contributed by atoms with Crippen LogP contribution in [0.15, 0.2) is 30.3 Å². The van der Waals surface area contributed by atoms with E-state index in [1.807, 2.05) is 19.1 Å². The van der Waals surface area contributed by atoms with Crippen molar-refractivity contribution in [1.82, 2.24) is 0 Å². The van der Waals surface area contributed by atoms with Gasteiger partial charge in [-0.2, -0.15) is 0 Å². The average Bonchev–Trinajstić information content (AvgIpc) is 2.75. The first kappa shape index (κ1) is 29.7. The molecule has 0 spiro atoms. The molecular formula is C23H31ClLiO7P. The molecule has 2 aromatic rings. The third-order valence-electron chi connectivity index (χ3n) is 4.61. The van der Waals surface area contributed by atoms with E-state index in [4.69, 9.17) is 40.0 Å². The molecule has 10 heteroatoms. The zero-order chi connectivity index (χ0) is 23.8. The van der Waals surface area contributed by atoms with E-state index in [0.717, 1.165) is 5.56 Å². The predicted octanol–water partition coefficient (Wildman–Crippen LogP) is 4.26. The van der Waals surface area contributed by atoms with Crippen LogP contribution in [0.5, 0.6) is 17.2 Å². The van der Waals surface area contributed by atoms with E-state index in [-0.39, 0.29) is 33.0 Å². The molecule has 178 valence electrons. The second-order valence-electron chi connectivity index (χ2n) is 6.94. The van der Waals surface area contributed by atoms with Crippen molar-refractivity contribution in [3.8, 4) is 17.2 Å². The van der Waals surface area contributed by atoms with Crippen molar-refractivity contribution in [2.24, 2.45) is 0 Å². The number of benzene rings is 2. The van der Waals surface area contributed by atoms with Crippen molar-refractivity contribution in [3.63, 3.8) is 0 Å². The summed E-state index contributed by atoms with van der Waals surface area (Å²) in [6.07, 6.45) is -1.65. The molecular weight excluding hydrogens is 462 g/mol. The molecule has 0 aliphatic rings. The van der Waals surface area contributed by atoms with E-state index >= 15 is 0 Å². The van der Waals surface area contributed by atoms with Gasteiger partial charge >= 0.3 is 18.9 Å². The van der Waals surface area contributed by atoms with Gasteiger partial charge in [-0.05, 0) is 47.9 Å². The van der Waals surface area contributed by atoms with Gasteiger partial charge in [0.25, 0.3) is 0 Å². The third kappa shape index (κ3) is 8.46. The van der Waals surface area contributed by atoms with Crippen LogP contribution >= 0.6 is 20.2 Å². The molecule has 0 heterocycles. The number of methoxy groups -OCH3 is 3. The molecule has 0 bridgehead atoms. The monoisotopic (exact) mass is 492 g/mol. The molecule has 0 aromatic heterocycles. The molecule has 0 fully saturated rings. The van der Waals surface area contributed by atoms with Gasteiger partial charge in [0, 0.05) is 39.0 Å². The fourth-order valence-electron chi connectivity index (χ4n) is 2.73. The van der Waals surface area contributed by atoms with Crippen LogP contribution in [0.2, 0.25) is 5.02 Å². The number of rotatable bonds is 12. The van der Waals surface area contributed by atoms with Crippen LogP contribution in [0.1, 0.15) is 36.7 Å². The Morgan fingerprint density at radius 3 is 1.82 bits per heavy atom. The molecule has 2 rings (SSSR count). The van der Waals surface area contributed by atoms with Gasteiger partial charge in [0.05, 0.1) is 10.3 Å². The van der Waals surface area contributed by atoms with Crippen LogP contribution in [0.3, 0.4) is 0 Å². The molecule has 0 saturated heterocycles. The second-order valence-corrected chi connectivity index (χ2v) is 8.56. The van der Waals surface area contributed by atoms with Crippen LogP contribution in [-0.4, -0.2) is 64.6 Å². The SMILES string of the molecule is COC(C)Oc1cc(OC(C)OC)c(PC(=O)c2c(C)cccc2Cl)c(OC(C)OC)c1.[LiH]. The molecule has 0 radical (unpaired) electrons. The number of carbonyl (C=O) groups excluding carboxylic acids is 1. The van der Waals surface area contributed by atoms with Crippen LogP contribution in [-0.2, 0) is 14.2 Å². The molecule has 0 N–H and O–H groups in total.